The highest BCUT2D eigenvalue weighted by Crippen LogP contribution is 2.34. The SMILES string of the molecule is Cc1ccc(-c2nnc(-c3ccc(-n4c5ccccc5c5ccccc54)cc3)n2-c2ccccc2)c(C)c1. The molecule has 2 aromatic heterocycles. The van der Waals surface area contributed by atoms with Crippen LogP contribution in [0.25, 0.3) is 56.0 Å². The van der Waals surface area contributed by atoms with Gasteiger partial charge in [-0.25, -0.2) is 0 Å². The molecule has 38 heavy (non-hydrogen) atoms. The lowest BCUT2D eigenvalue weighted by Gasteiger charge is -2.13. The third kappa shape index (κ3) is 3.53. The molecule has 0 radical (unpaired) electrons. The Labute approximate surface area is 221 Å². The van der Waals surface area contributed by atoms with Gasteiger partial charge in [-0.2, -0.15) is 0 Å². The fourth-order valence-electron chi connectivity index (χ4n) is 5.49. The van der Waals surface area contributed by atoms with E-state index in [2.05, 4.69) is 138 Å². The van der Waals surface area contributed by atoms with E-state index in [0.29, 0.717) is 0 Å². The lowest BCUT2D eigenvalue weighted by Crippen LogP contribution is -2.01. The highest BCUT2D eigenvalue weighted by atomic mass is 15.3. The molecule has 7 aromatic rings. The van der Waals surface area contributed by atoms with Gasteiger partial charge in [0.05, 0.1) is 11.0 Å². The minimum atomic E-state index is 0.819. The Bertz CT molecular complexity index is 1870. The van der Waals surface area contributed by atoms with Crippen LogP contribution in [0.1, 0.15) is 11.1 Å². The van der Waals surface area contributed by atoms with Crippen LogP contribution in [-0.2, 0) is 0 Å². The molecule has 0 saturated heterocycles. The number of hydrogen-bond acceptors (Lipinski definition) is 2. The van der Waals surface area contributed by atoms with Crippen molar-refractivity contribution >= 4 is 21.8 Å². The van der Waals surface area contributed by atoms with Crippen molar-refractivity contribution in [3.8, 4) is 34.2 Å². The van der Waals surface area contributed by atoms with Gasteiger partial charge < -0.3 is 4.57 Å². The first-order valence-corrected chi connectivity index (χ1v) is 12.9. The maximum atomic E-state index is 4.70. The summed E-state index contributed by atoms with van der Waals surface area (Å²) in [6.07, 6.45) is 0. The number of aromatic nitrogens is 4. The molecule has 0 N–H and O–H groups in total. The van der Waals surface area contributed by atoms with Gasteiger partial charge in [-0.05, 0) is 67.9 Å². The molecule has 0 bridgehead atoms. The van der Waals surface area contributed by atoms with E-state index >= 15 is 0 Å². The highest BCUT2D eigenvalue weighted by Gasteiger charge is 2.19. The van der Waals surface area contributed by atoms with Crippen molar-refractivity contribution in [2.45, 2.75) is 13.8 Å². The minimum Gasteiger partial charge on any atom is -0.309 e. The summed E-state index contributed by atoms with van der Waals surface area (Å²) in [5.41, 5.74) is 9.07. The van der Waals surface area contributed by atoms with Gasteiger partial charge in [0.25, 0.3) is 0 Å². The first-order valence-electron chi connectivity index (χ1n) is 12.9. The Hall–Kier alpha value is -4.96. The van der Waals surface area contributed by atoms with Crippen molar-refractivity contribution in [2.24, 2.45) is 0 Å². The smallest absolute Gasteiger partial charge is 0.169 e. The van der Waals surface area contributed by atoms with Gasteiger partial charge in [0, 0.05) is 33.3 Å². The molecule has 0 atom stereocenters. The zero-order valence-corrected chi connectivity index (χ0v) is 21.3. The summed E-state index contributed by atoms with van der Waals surface area (Å²) in [4.78, 5) is 0. The fourth-order valence-corrected chi connectivity index (χ4v) is 5.49. The zero-order valence-electron chi connectivity index (χ0n) is 21.3. The summed E-state index contributed by atoms with van der Waals surface area (Å²) in [5.74, 6) is 1.66. The van der Waals surface area contributed by atoms with Crippen LogP contribution in [0, 0.1) is 13.8 Å². The van der Waals surface area contributed by atoms with E-state index in [1.54, 1.807) is 0 Å². The van der Waals surface area contributed by atoms with Gasteiger partial charge in [-0.1, -0.05) is 78.4 Å². The summed E-state index contributed by atoms with van der Waals surface area (Å²) in [5, 5.41) is 11.9. The van der Waals surface area contributed by atoms with Crippen LogP contribution in [0.15, 0.2) is 121 Å². The minimum absolute atomic E-state index is 0.819. The number of nitrogens with zero attached hydrogens (tertiary/aromatic N) is 4. The molecule has 0 amide bonds. The number of benzene rings is 5. The predicted molar refractivity (Wildman–Crippen MR) is 156 cm³/mol. The Morgan fingerprint density at radius 3 is 1.74 bits per heavy atom. The Morgan fingerprint density at radius 2 is 1.08 bits per heavy atom. The summed E-state index contributed by atoms with van der Waals surface area (Å²) < 4.78 is 4.49. The number of fused-ring (bicyclic) bond motifs is 3. The van der Waals surface area contributed by atoms with Gasteiger partial charge in [-0.3, -0.25) is 4.57 Å². The Morgan fingerprint density at radius 1 is 0.500 bits per heavy atom. The molecule has 0 saturated carbocycles. The first-order chi connectivity index (χ1) is 18.7. The topological polar surface area (TPSA) is 35.6 Å². The molecule has 4 nitrogen and oxygen atoms in total. The molecule has 0 unspecified atom stereocenters. The van der Waals surface area contributed by atoms with Crippen LogP contribution >= 0.6 is 0 Å². The van der Waals surface area contributed by atoms with Gasteiger partial charge in [0.15, 0.2) is 11.6 Å². The van der Waals surface area contributed by atoms with Gasteiger partial charge in [0.2, 0.25) is 0 Å². The molecule has 5 aromatic carbocycles. The summed E-state index contributed by atoms with van der Waals surface area (Å²) in [7, 11) is 0. The van der Waals surface area contributed by atoms with Gasteiger partial charge in [-0.15, -0.1) is 10.2 Å². The lowest BCUT2D eigenvalue weighted by molar-refractivity contribution is 1.07. The van der Waals surface area contributed by atoms with Gasteiger partial charge >= 0.3 is 0 Å². The van der Waals surface area contributed by atoms with Gasteiger partial charge in [0.1, 0.15) is 0 Å². The number of aryl methyl sites for hydroxylation is 2. The van der Waals surface area contributed by atoms with E-state index in [1.165, 1.54) is 32.9 Å². The Kier molecular flexibility index (Phi) is 5.19. The van der Waals surface area contributed by atoms with E-state index in [4.69, 9.17) is 10.2 Å². The van der Waals surface area contributed by atoms with E-state index in [0.717, 1.165) is 34.2 Å². The first kappa shape index (κ1) is 22.3. The fraction of sp³-hybridized carbons (Fsp3) is 0.0588. The zero-order chi connectivity index (χ0) is 25.6. The van der Waals surface area contributed by atoms with Crippen LogP contribution in [0.3, 0.4) is 0 Å². The second kappa shape index (κ2) is 8.86. The predicted octanol–water partition coefficient (Wildman–Crippen LogP) is 8.32. The van der Waals surface area contributed by atoms with Crippen LogP contribution < -0.4 is 0 Å². The average molecular weight is 491 g/mol. The van der Waals surface area contributed by atoms with E-state index in [-0.39, 0.29) is 0 Å². The molecule has 182 valence electrons. The number of para-hydroxylation sites is 3. The van der Waals surface area contributed by atoms with E-state index < -0.39 is 0 Å². The molecule has 0 aliphatic carbocycles. The molecular formula is C34H26N4. The quantitative estimate of drug-likeness (QED) is 0.249. The van der Waals surface area contributed by atoms with E-state index in [1.807, 2.05) is 6.07 Å². The molecule has 0 aliphatic rings. The third-order valence-electron chi connectivity index (χ3n) is 7.26. The monoisotopic (exact) mass is 490 g/mol. The van der Waals surface area contributed by atoms with Crippen LogP contribution in [-0.4, -0.2) is 19.3 Å². The second-order valence-corrected chi connectivity index (χ2v) is 9.75. The molecule has 2 heterocycles. The average Bonchev–Trinajstić information content (AvgIpc) is 3.54. The third-order valence-corrected chi connectivity index (χ3v) is 7.26. The highest BCUT2D eigenvalue weighted by molar-refractivity contribution is 6.09. The maximum Gasteiger partial charge on any atom is 0.169 e. The molecule has 0 spiro atoms. The van der Waals surface area contributed by atoms with Crippen molar-refractivity contribution in [2.75, 3.05) is 0 Å². The van der Waals surface area contributed by atoms with Crippen molar-refractivity contribution < 1.29 is 0 Å². The lowest BCUT2D eigenvalue weighted by atomic mass is 10.0. The number of hydrogen-bond donors (Lipinski definition) is 0. The largest absolute Gasteiger partial charge is 0.309 e. The molecule has 0 fully saturated rings. The molecular weight excluding hydrogens is 464 g/mol. The molecule has 7 rings (SSSR count). The van der Waals surface area contributed by atoms with Crippen molar-refractivity contribution in [3.05, 3.63) is 132 Å². The van der Waals surface area contributed by atoms with Crippen molar-refractivity contribution in [3.63, 3.8) is 0 Å². The second-order valence-electron chi connectivity index (χ2n) is 9.75. The van der Waals surface area contributed by atoms with E-state index in [9.17, 15) is 0 Å². The van der Waals surface area contributed by atoms with Crippen LogP contribution in [0.4, 0.5) is 0 Å². The Balaban J connectivity index is 1.39. The van der Waals surface area contributed by atoms with Crippen LogP contribution in [0.5, 0.6) is 0 Å². The van der Waals surface area contributed by atoms with Crippen LogP contribution in [0.2, 0.25) is 0 Å². The standard InChI is InChI=1S/C34H26N4/c1-23-16-21-28(24(2)22-23)34-36-35-33(38(34)26-10-4-3-5-11-26)25-17-19-27(20-18-25)37-31-14-8-6-12-29(31)30-13-7-9-15-32(30)37/h3-22H,1-2H3. The normalized spacial score (nSPS) is 11.4. The summed E-state index contributed by atoms with van der Waals surface area (Å²) >= 11 is 0. The molecule has 0 aliphatic heterocycles. The maximum absolute atomic E-state index is 4.70. The summed E-state index contributed by atoms with van der Waals surface area (Å²) in [6, 6.07) is 42.6. The number of rotatable bonds is 4. The molecule has 4 heteroatoms. The van der Waals surface area contributed by atoms with Crippen molar-refractivity contribution in [1.82, 2.24) is 19.3 Å². The summed E-state index contributed by atoms with van der Waals surface area (Å²) in [6.45, 7) is 4.25. The van der Waals surface area contributed by atoms with Crippen molar-refractivity contribution in [1.29, 1.82) is 0 Å².